The van der Waals surface area contributed by atoms with Gasteiger partial charge in [-0.2, -0.15) is 0 Å². The third-order valence-electron chi connectivity index (χ3n) is 4.45. The summed E-state index contributed by atoms with van der Waals surface area (Å²) in [6.45, 7) is 6.45. The number of nitrogens with two attached hydrogens (primary N) is 1. The summed E-state index contributed by atoms with van der Waals surface area (Å²) >= 11 is 0. The molecule has 1 heterocycles. The van der Waals surface area contributed by atoms with Crippen molar-refractivity contribution in [3.63, 3.8) is 0 Å². The minimum Gasteiger partial charge on any atom is -0.397 e. The van der Waals surface area contributed by atoms with Gasteiger partial charge in [0.05, 0.1) is 16.3 Å². The summed E-state index contributed by atoms with van der Waals surface area (Å²) in [6.07, 6.45) is 1.14. The van der Waals surface area contributed by atoms with Gasteiger partial charge < -0.3 is 10.6 Å². The third kappa shape index (κ3) is 3.16. The van der Waals surface area contributed by atoms with Crippen LogP contribution in [0.25, 0.3) is 0 Å². The molecule has 118 valence electrons. The minimum atomic E-state index is -3.43. The Labute approximate surface area is 127 Å². The SMILES string of the molecule is CC1CCN(c2ccc(S(=O)(=O)N(C)C)cc2N)CC1C. The first-order chi connectivity index (χ1) is 9.73. The van der Waals surface area contributed by atoms with E-state index >= 15 is 0 Å². The molecule has 1 aliphatic rings. The molecule has 0 amide bonds. The molecule has 2 atom stereocenters. The molecular formula is C15H25N3O2S. The van der Waals surface area contributed by atoms with E-state index in [4.69, 9.17) is 5.73 Å². The Morgan fingerprint density at radius 3 is 2.43 bits per heavy atom. The Morgan fingerprint density at radius 1 is 1.24 bits per heavy atom. The Kier molecular flexibility index (Phi) is 4.49. The predicted octanol–water partition coefficient (Wildman–Crippen LogP) is 2.00. The summed E-state index contributed by atoms with van der Waals surface area (Å²) < 4.78 is 25.4. The molecule has 0 spiro atoms. The van der Waals surface area contributed by atoms with Crippen LogP contribution in [-0.2, 0) is 10.0 Å². The maximum Gasteiger partial charge on any atom is 0.242 e. The second-order valence-corrected chi connectivity index (χ2v) is 8.35. The number of hydrogen-bond acceptors (Lipinski definition) is 4. The smallest absolute Gasteiger partial charge is 0.242 e. The molecule has 1 aliphatic heterocycles. The van der Waals surface area contributed by atoms with Crippen LogP contribution in [0.3, 0.4) is 0 Å². The predicted molar refractivity (Wildman–Crippen MR) is 86.9 cm³/mol. The zero-order valence-corrected chi connectivity index (χ0v) is 14.0. The Morgan fingerprint density at radius 2 is 1.90 bits per heavy atom. The van der Waals surface area contributed by atoms with Gasteiger partial charge >= 0.3 is 0 Å². The van der Waals surface area contributed by atoms with Crippen LogP contribution in [0.5, 0.6) is 0 Å². The van der Waals surface area contributed by atoms with E-state index in [1.807, 2.05) is 6.07 Å². The highest BCUT2D eigenvalue weighted by atomic mass is 32.2. The van der Waals surface area contributed by atoms with E-state index in [0.29, 0.717) is 11.6 Å². The fourth-order valence-corrected chi connectivity index (χ4v) is 3.61. The lowest BCUT2D eigenvalue weighted by Gasteiger charge is -2.37. The Hall–Kier alpha value is -1.27. The molecule has 1 saturated heterocycles. The highest BCUT2D eigenvalue weighted by Crippen LogP contribution is 2.32. The first kappa shape index (κ1) is 16.1. The van der Waals surface area contributed by atoms with E-state index in [1.165, 1.54) is 18.4 Å². The molecule has 2 N–H and O–H groups in total. The lowest BCUT2D eigenvalue weighted by atomic mass is 9.88. The number of nitrogens with zero attached hydrogens (tertiary/aromatic N) is 2. The second kappa shape index (κ2) is 5.85. The van der Waals surface area contributed by atoms with Crippen LogP contribution in [-0.4, -0.2) is 39.9 Å². The zero-order valence-electron chi connectivity index (χ0n) is 13.2. The first-order valence-corrected chi connectivity index (χ1v) is 8.74. The monoisotopic (exact) mass is 311 g/mol. The van der Waals surface area contributed by atoms with Crippen molar-refractivity contribution in [3.05, 3.63) is 18.2 Å². The molecule has 2 unspecified atom stereocenters. The average molecular weight is 311 g/mol. The van der Waals surface area contributed by atoms with Gasteiger partial charge in [-0.3, -0.25) is 0 Å². The number of piperidine rings is 1. The molecule has 6 heteroatoms. The lowest BCUT2D eigenvalue weighted by molar-refractivity contribution is 0.324. The summed E-state index contributed by atoms with van der Waals surface area (Å²) in [6, 6.07) is 5.03. The molecule has 0 radical (unpaired) electrons. The number of nitrogen functional groups attached to an aromatic ring is 1. The average Bonchev–Trinajstić information content (AvgIpc) is 2.41. The van der Waals surface area contributed by atoms with E-state index in [2.05, 4.69) is 18.7 Å². The van der Waals surface area contributed by atoms with Gasteiger partial charge in [0.15, 0.2) is 0 Å². The van der Waals surface area contributed by atoms with Crippen molar-refractivity contribution in [1.29, 1.82) is 0 Å². The van der Waals surface area contributed by atoms with Crippen molar-refractivity contribution in [1.82, 2.24) is 4.31 Å². The number of anilines is 2. The van der Waals surface area contributed by atoms with Crippen LogP contribution in [0, 0.1) is 11.8 Å². The van der Waals surface area contributed by atoms with Gasteiger partial charge in [-0.25, -0.2) is 12.7 Å². The fraction of sp³-hybridized carbons (Fsp3) is 0.600. The number of rotatable bonds is 3. The largest absolute Gasteiger partial charge is 0.397 e. The molecule has 2 rings (SSSR count). The van der Waals surface area contributed by atoms with E-state index in [1.54, 1.807) is 12.1 Å². The van der Waals surface area contributed by atoms with Gasteiger partial charge in [0.25, 0.3) is 0 Å². The van der Waals surface area contributed by atoms with Crippen LogP contribution < -0.4 is 10.6 Å². The number of sulfonamides is 1. The van der Waals surface area contributed by atoms with E-state index in [0.717, 1.165) is 31.1 Å². The molecule has 0 saturated carbocycles. The Bertz CT molecular complexity index is 613. The van der Waals surface area contributed by atoms with Gasteiger partial charge in [0, 0.05) is 27.2 Å². The summed E-state index contributed by atoms with van der Waals surface area (Å²) in [4.78, 5) is 2.50. The van der Waals surface area contributed by atoms with Crippen LogP contribution in [0.4, 0.5) is 11.4 Å². The van der Waals surface area contributed by atoms with Crippen LogP contribution in [0.2, 0.25) is 0 Å². The van der Waals surface area contributed by atoms with Crippen molar-refractivity contribution < 1.29 is 8.42 Å². The highest BCUT2D eigenvalue weighted by Gasteiger charge is 2.25. The summed E-state index contributed by atoms with van der Waals surface area (Å²) in [7, 11) is -0.390. The highest BCUT2D eigenvalue weighted by molar-refractivity contribution is 7.89. The van der Waals surface area contributed by atoms with Crippen molar-refractivity contribution >= 4 is 21.4 Å². The van der Waals surface area contributed by atoms with Crippen LogP contribution in [0.1, 0.15) is 20.3 Å². The molecule has 0 aromatic heterocycles. The topological polar surface area (TPSA) is 66.6 Å². The van der Waals surface area contributed by atoms with Crippen molar-refractivity contribution in [3.8, 4) is 0 Å². The lowest BCUT2D eigenvalue weighted by Crippen LogP contribution is -2.38. The summed E-state index contributed by atoms with van der Waals surface area (Å²) in [5, 5.41) is 0. The molecule has 5 nitrogen and oxygen atoms in total. The minimum absolute atomic E-state index is 0.243. The van der Waals surface area contributed by atoms with E-state index in [9.17, 15) is 8.42 Å². The molecule has 21 heavy (non-hydrogen) atoms. The second-order valence-electron chi connectivity index (χ2n) is 6.20. The molecule has 0 aliphatic carbocycles. The normalized spacial score (nSPS) is 23.6. The van der Waals surface area contributed by atoms with Crippen molar-refractivity contribution in [2.24, 2.45) is 11.8 Å². The molecule has 0 bridgehead atoms. The van der Waals surface area contributed by atoms with Crippen molar-refractivity contribution in [2.75, 3.05) is 37.8 Å². The van der Waals surface area contributed by atoms with Crippen LogP contribution in [0.15, 0.2) is 23.1 Å². The standard InChI is InChI=1S/C15H25N3O2S/c1-11-7-8-18(10-12(11)2)15-6-5-13(9-14(15)16)21(19,20)17(3)4/h5-6,9,11-12H,7-8,10,16H2,1-4H3. The van der Waals surface area contributed by atoms with Crippen LogP contribution >= 0.6 is 0 Å². The van der Waals surface area contributed by atoms with E-state index in [-0.39, 0.29) is 4.90 Å². The summed E-state index contributed by atoms with van der Waals surface area (Å²) in [5.74, 6) is 1.33. The first-order valence-electron chi connectivity index (χ1n) is 7.30. The van der Waals surface area contributed by atoms with Gasteiger partial charge in [0.2, 0.25) is 10.0 Å². The zero-order chi connectivity index (χ0) is 15.8. The maximum absolute atomic E-state index is 12.1. The summed E-state index contributed by atoms with van der Waals surface area (Å²) in [5.41, 5.74) is 7.57. The molecule has 1 aromatic rings. The quantitative estimate of drug-likeness (QED) is 0.867. The number of hydrogen-bond donors (Lipinski definition) is 1. The van der Waals surface area contributed by atoms with E-state index < -0.39 is 10.0 Å². The third-order valence-corrected chi connectivity index (χ3v) is 6.26. The van der Waals surface area contributed by atoms with Gasteiger partial charge in [-0.15, -0.1) is 0 Å². The van der Waals surface area contributed by atoms with Gasteiger partial charge in [-0.05, 0) is 36.5 Å². The van der Waals surface area contributed by atoms with Gasteiger partial charge in [-0.1, -0.05) is 13.8 Å². The fourth-order valence-electron chi connectivity index (χ4n) is 2.67. The maximum atomic E-state index is 12.1. The molecule has 1 fully saturated rings. The molecular weight excluding hydrogens is 286 g/mol. The Balaban J connectivity index is 2.29. The number of benzene rings is 1. The molecule has 1 aromatic carbocycles. The van der Waals surface area contributed by atoms with Gasteiger partial charge in [0.1, 0.15) is 0 Å². The van der Waals surface area contributed by atoms with Crippen molar-refractivity contribution in [2.45, 2.75) is 25.2 Å².